The fraction of sp³-hybridized carbons (Fsp3) is 0.435. The highest BCUT2D eigenvalue weighted by Crippen LogP contribution is 2.27. The molecule has 6 nitrogen and oxygen atoms in total. The first-order chi connectivity index (χ1) is 14.1. The topological polar surface area (TPSA) is 72.1 Å². The summed E-state index contributed by atoms with van der Waals surface area (Å²) >= 11 is 0. The highest BCUT2D eigenvalue weighted by molar-refractivity contribution is 14.0. The molecular formula is C23H33IN4O2. The number of nitrogens with two attached hydrogens (primary N) is 1. The fourth-order valence-electron chi connectivity index (χ4n) is 3.79. The van der Waals surface area contributed by atoms with Gasteiger partial charge in [-0.15, -0.1) is 24.0 Å². The van der Waals surface area contributed by atoms with E-state index in [0.717, 1.165) is 38.0 Å². The van der Waals surface area contributed by atoms with E-state index < -0.39 is 0 Å². The van der Waals surface area contributed by atoms with Crippen LogP contribution in [0, 0.1) is 0 Å². The summed E-state index contributed by atoms with van der Waals surface area (Å²) in [4.78, 5) is 7.02. The zero-order valence-electron chi connectivity index (χ0n) is 18.1. The molecule has 1 aliphatic rings. The van der Waals surface area contributed by atoms with Crippen LogP contribution < -0.4 is 20.5 Å². The van der Waals surface area contributed by atoms with Gasteiger partial charge in [0.1, 0.15) is 0 Å². The summed E-state index contributed by atoms with van der Waals surface area (Å²) in [5, 5.41) is 3.31. The van der Waals surface area contributed by atoms with E-state index in [9.17, 15) is 0 Å². The Balaban J connectivity index is 0.00000320. The van der Waals surface area contributed by atoms with E-state index in [4.69, 9.17) is 15.2 Å². The third-order valence-electron chi connectivity index (χ3n) is 5.55. The molecule has 0 radical (unpaired) electrons. The zero-order chi connectivity index (χ0) is 20.6. The van der Waals surface area contributed by atoms with Gasteiger partial charge in [-0.05, 0) is 41.7 Å². The van der Waals surface area contributed by atoms with E-state index in [1.54, 1.807) is 14.2 Å². The van der Waals surface area contributed by atoms with Gasteiger partial charge in [-0.1, -0.05) is 37.3 Å². The molecule has 7 heteroatoms. The standard InChI is InChI=1S/C23H32N4O2.HI/c1-4-20(27-12-11-18-7-5-6-8-19(18)16-27)15-26-23(24)25-14-17-9-10-21(28-2)22(13-17)29-3;/h5-10,13,20H,4,11-12,14-16H2,1-3H3,(H3,24,25,26);1H. The molecule has 30 heavy (non-hydrogen) atoms. The number of ether oxygens (including phenoxy) is 2. The van der Waals surface area contributed by atoms with Gasteiger partial charge in [0, 0.05) is 25.7 Å². The molecule has 0 aliphatic carbocycles. The molecule has 1 atom stereocenters. The highest BCUT2D eigenvalue weighted by atomic mass is 127. The number of halogens is 1. The third kappa shape index (κ3) is 6.25. The Morgan fingerprint density at radius 1 is 1.13 bits per heavy atom. The second-order valence-electron chi connectivity index (χ2n) is 7.32. The average molecular weight is 524 g/mol. The van der Waals surface area contributed by atoms with Crippen LogP contribution in [0.5, 0.6) is 11.5 Å². The number of hydrogen-bond acceptors (Lipinski definition) is 4. The van der Waals surface area contributed by atoms with Crippen molar-refractivity contribution < 1.29 is 9.47 Å². The summed E-state index contributed by atoms with van der Waals surface area (Å²) in [6.45, 7) is 5.59. The van der Waals surface area contributed by atoms with E-state index in [1.165, 1.54) is 11.1 Å². The molecule has 0 saturated carbocycles. The van der Waals surface area contributed by atoms with Gasteiger partial charge >= 0.3 is 0 Å². The molecule has 0 spiro atoms. The minimum Gasteiger partial charge on any atom is -0.493 e. The summed E-state index contributed by atoms with van der Waals surface area (Å²) in [6.07, 6.45) is 2.17. The van der Waals surface area contributed by atoms with E-state index in [0.29, 0.717) is 30.0 Å². The molecule has 1 aliphatic heterocycles. The number of rotatable bonds is 8. The number of aliphatic imine (C=N–C) groups is 1. The van der Waals surface area contributed by atoms with Crippen LogP contribution in [0.2, 0.25) is 0 Å². The molecule has 0 fully saturated rings. The van der Waals surface area contributed by atoms with E-state index >= 15 is 0 Å². The number of nitrogens with one attached hydrogen (secondary N) is 1. The van der Waals surface area contributed by atoms with Gasteiger partial charge in [0.25, 0.3) is 0 Å². The SMILES string of the molecule is CCC(CNC(N)=NCc1ccc(OC)c(OC)c1)N1CCc2ccccc2C1.I. The van der Waals surface area contributed by atoms with Gasteiger partial charge in [-0.2, -0.15) is 0 Å². The van der Waals surface area contributed by atoms with Crippen LogP contribution >= 0.6 is 24.0 Å². The Morgan fingerprint density at radius 2 is 1.87 bits per heavy atom. The van der Waals surface area contributed by atoms with E-state index in [1.807, 2.05) is 18.2 Å². The second-order valence-corrected chi connectivity index (χ2v) is 7.32. The van der Waals surface area contributed by atoms with Gasteiger partial charge in [0.15, 0.2) is 17.5 Å². The number of benzene rings is 2. The Bertz CT molecular complexity index is 844. The molecule has 164 valence electrons. The maximum Gasteiger partial charge on any atom is 0.188 e. The number of hydrogen-bond donors (Lipinski definition) is 2. The predicted octanol–water partition coefficient (Wildman–Crippen LogP) is 3.56. The molecule has 3 N–H and O–H groups in total. The quantitative estimate of drug-likeness (QED) is 0.314. The lowest BCUT2D eigenvalue weighted by atomic mass is 9.98. The molecular weight excluding hydrogens is 491 g/mol. The molecule has 3 rings (SSSR count). The molecule has 2 aromatic rings. The van der Waals surface area contributed by atoms with Crippen LogP contribution in [0.1, 0.15) is 30.0 Å². The fourth-order valence-corrected chi connectivity index (χ4v) is 3.79. The summed E-state index contributed by atoms with van der Waals surface area (Å²) in [7, 11) is 3.26. The average Bonchev–Trinajstić information content (AvgIpc) is 2.77. The Kier molecular flexibility index (Phi) is 9.71. The monoisotopic (exact) mass is 524 g/mol. The van der Waals surface area contributed by atoms with Crippen LogP contribution in [0.4, 0.5) is 0 Å². The minimum atomic E-state index is 0. The minimum absolute atomic E-state index is 0. The lowest BCUT2D eigenvalue weighted by Crippen LogP contribution is -2.47. The molecule has 0 amide bonds. The molecule has 0 bridgehead atoms. The molecule has 2 aromatic carbocycles. The Hall–Kier alpha value is -2.00. The number of guanidine groups is 1. The van der Waals surface area contributed by atoms with Crippen molar-refractivity contribution in [2.24, 2.45) is 10.7 Å². The van der Waals surface area contributed by atoms with Gasteiger partial charge in [-0.3, -0.25) is 4.90 Å². The summed E-state index contributed by atoms with van der Waals surface area (Å²) in [6, 6.07) is 14.9. The number of nitrogens with zero attached hydrogens (tertiary/aromatic N) is 2. The normalized spacial score (nSPS) is 15.0. The van der Waals surface area contributed by atoms with Crippen molar-refractivity contribution in [3.05, 3.63) is 59.2 Å². The molecule has 1 unspecified atom stereocenters. The van der Waals surface area contributed by atoms with Crippen molar-refractivity contribution in [1.29, 1.82) is 0 Å². The highest BCUT2D eigenvalue weighted by Gasteiger charge is 2.22. The van der Waals surface area contributed by atoms with Gasteiger partial charge < -0.3 is 20.5 Å². The Labute approximate surface area is 196 Å². The summed E-state index contributed by atoms with van der Waals surface area (Å²) in [5.74, 6) is 1.87. The van der Waals surface area contributed by atoms with Crippen LogP contribution in [-0.4, -0.2) is 44.2 Å². The summed E-state index contributed by atoms with van der Waals surface area (Å²) < 4.78 is 10.6. The van der Waals surface area contributed by atoms with Crippen molar-refractivity contribution in [3.8, 4) is 11.5 Å². The lowest BCUT2D eigenvalue weighted by Gasteiger charge is -2.35. The third-order valence-corrected chi connectivity index (χ3v) is 5.55. The zero-order valence-corrected chi connectivity index (χ0v) is 20.4. The van der Waals surface area contributed by atoms with Gasteiger partial charge in [0.2, 0.25) is 0 Å². The predicted molar refractivity (Wildman–Crippen MR) is 133 cm³/mol. The number of fused-ring (bicyclic) bond motifs is 1. The van der Waals surface area contributed by atoms with Crippen molar-refractivity contribution >= 4 is 29.9 Å². The molecule has 0 saturated heterocycles. The van der Waals surface area contributed by atoms with Gasteiger partial charge in [-0.25, -0.2) is 4.99 Å². The van der Waals surface area contributed by atoms with Gasteiger partial charge in [0.05, 0.1) is 20.8 Å². The maximum atomic E-state index is 6.12. The van der Waals surface area contributed by atoms with E-state index in [-0.39, 0.29) is 24.0 Å². The number of methoxy groups -OCH3 is 2. The first kappa shape index (κ1) is 24.3. The van der Waals surface area contributed by atoms with Crippen LogP contribution in [0.15, 0.2) is 47.5 Å². The largest absolute Gasteiger partial charge is 0.493 e. The first-order valence-corrected chi connectivity index (χ1v) is 10.2. The Morgan fingerprint density at radius 3 is 2.57 bits per heavy atom. The first-order valence-electron chi connectivity index (χ1n) is 10.2. The summed E-state index contributed by atoms with van der Waals surface area (Å²) in [5.41, 5.74) is 10.1. The van der Waals surface area contributed by atoms with Crippen molar-refractivity contribution in [2.45, 2.75) is 38.9 Å². The van der Waals surface area contributed by atoms with Crippen LogP contribution in [0.3, 0.4) is 0 Å². The molecule has 0 aromatic heterocycles. The van der Waals surface area contributed by atoms with Crippen LogP contribution in [0.25, 0.3) is 0 Å². The van der Waals surface area contributed by atoms with Crippen LogP contribution in [-0.2, 0) is 19.5 Å². The maximum absolute atomic E-state index is 6.12. The second kappa shape index (κ2) is 12.0. The van der Waals surface area contributed by atoms with Crippen molar-refractivity contribution in [2.75, 3.05) is 27.3 Å². The molecule has 1 heterocycles. The smallest absolute Gasteiger partial charge is 0.188 e. The lowest BCUT2D eigenvalue weighted by molar-refractivity contribution is 0.174. The van der Waals surface area contributed by atoms with Crippen molar-refractivity contribution in [1.82, 2.24) is 10.2 Å². The van der Waals surface area contributed by atoms with E-state index in [2.05, 4.69) is 46.4 Å². The van der Waals surface area contributed by atoms with Crippen molar-refractivity contribution in [3.63, 3.8) is 0 Å².